The molecule has 2 rings (SSSR count). The van der Waals surface area contributed by atoms with Gasteiger partial charge in [0, 0.05) is 6.54 Å². The molecule has 0 aliphatic carbocycles. The van der Waals surface area contributed by atoms with E-state index in [-0.39, 0.29) is 6.04 Å². The normalized spacial score (nSPS) is 12.2. The van der Waals surface area contributed by atoms with Crippen LogP contribution in [0.1, 0.15) is 29.8 Å². The van der Waals surface area contributed by atoms with E-state index in [1.807, 2.05) is 30.7 Å². The van der Waals surface area contributed by atoms with E-state index in [0.717, 1.165) is 29.1 Å². The van der Waals surface area contributed by atoms with Gasteiger partial charge in [0.25, 0.3) is 0 Å². The van der Waals surface area contributed by atoms with Crippen LogP contribution in [0.5, 0.6) is 11.5 Å². The van der Waals surface area contributed by atoms with Gasteiger partial charge in [0.05, 0.1) is 26.5 Å². The van der Waals surface area contributed by atoms with Crippen molar-refractivity contribution in [1.82, 2.24) is 15.2 Å². The summed E-state index contributed by atoms with van der Waals surface area (Å²) in [5.41, 5.74) is 5.85. The van der Waals surface area contributed by atoms with Crippen molar-refractivity contribution in [3.05, 3.63) is 41.2 Å². The summed E-state index contributed by atoms with van der Waals surface area (Å²) in [5.74, 6) is 7.35. The molecule has 2 aromatic rings. The fourth-order valence-corrected chi connectivity index (χ4v) is 2.49. The highest BCUT2D eigenvalue weighted by Gasteiger charge is 2.22. The first kappa shape index (κ1) is 15.3. The summed E-state index contributed by atoms with van der Waals surface area (Å²) in [6.07, 6.45) is 1.71. The second-order valence-corrected chi connectivity index (χ2v) is 4.74. The predicted octanol–water partition coefficient (Wildman–Crippen LogP) is 1.78. The monoisotopic (exact) mass is 290 g/mol. The maximum Gasteiger partial charge on any atom is 0.161 e. The van der Waals surface area contributed by atoms with Gasteiger partial charge < -0.3 is 9.47 Å². The molecule has 0 amide bonds. The summed E-state index contributed by atoms with van der Waals surface area (Å²) >= 11 is 0. The Morgan fingerprint density at radius 2 is 2.00 bits per heavy atom. The van der Waals surface area contributed by atoms with Gasteiger partial charge in [-0.3, -0.25) is 10.5 Å². The Morgan fingerprint density at radius 3 is 2.52 bits per heavy atom. The van der Waals surface area contributed by atoms with Crippen LogP contribution in [0.2, 0.25) is 0 Å². The number of aryl methyl sites for hydroxylation is 2. The number of hydrogen-bond acceptors (Lipinski definition) is 5. The number of ether oxygens (including phenoxy) is 2. The third-order valence-electron chi connectivity index (χ3n) is 3.56. The summed E-state index contributed by atoms with van der Waals surface area (Å²) in [4.78, 5) is 0. The van der Waals surface area contributed by atoms with Gasteiger partial charge in [-0.2, -0.15) is 5.10 Å². The lowest BCUT2D eigenvalue weighted by Crippen LogP contribution is -2.31. The molecule has 0 aliphatic rings. The maximum atomic E-state index is 5.79. The maximum absolute atomic E-state index is 5.79. The number of nitrogens with two attached hydrogens (primary N) is 1. The molecule has 0 aliphatic heterocycles. The van der Waals surface area contributed by atoms with E-state index in [2.05, 4.69) is 16.6 Å². The van der Waals surface area contributed by atoms with Crippen molar-refractivity contribution in [2.45, 2.75) is 26.4 Å². The smallest absolute Gasteiger partial charge is 0.161 e. The standard InChI is InChI=1S/C15H22N4O2/c1-5-19-15(13(21-4)9-17-19)14(18-16)11-6-7-12(20-3)10(2)8-11/h6-9,14,18H,5,16H2,1-4H3. The van der Waals surface area contributed by atoms with Crippen molar-refractivity contribution in [3.8, 4) is 11.5 Å². The average molecular weight is 290 g/mol. The lowest BCUT2D eigenvalue weighted by atomic mass is 10.0. The first-order valence-corrected chi connectivity index (χ1v) is 6.86. The molecule has 1 unspecified atom stereocenters. The van der Waals surface area contributed by atoms with E-state index in [4.69, 9.17) is 15.3 Å². The van der Waals surface area contributed by atoms with Crippen molar-refractivity contribution >= 4 is 0 Å². The molecule has 1 heterocycles. The van der Waals surface area contributed by atoms with Crippen LogP contribution in [-0.4, -0.2) is 24.0 Å². The molecule has 6 nitrogen and oxygen atoms in total. The highest BCUT2D eigenvalue weighted by molar-refractivity contribution is 5.42. The van der Waals surface area contributed by atoms with Crippen LogP contribution in [0, 0.1) is 6.92 Å². The second-order valence-electron chi connectivity index (χ2n) is 4.74. The number of hydrogen-bond donors (Lipinski definition) is 2. The van der Waals surface area contributed by atoms with Gasteiger partial charge in [-0.25, -0.2) is 5.43 Å². The van der Waals surface area contributed by atoms with E-state index in [1.54, 1.807) is 20.4 Å². The molecule has 3 N–H and O–H groups in total. The number of hydrazine groups is 1. The minimum absolute atomic E-state index is 0.202. The van der Waals surface area contributed by atoms with Crippen LogP contribution in [0.15, 0.2) is 24.4 Å². The second kappa shape index (κ2) is 6.60. The van der Waals surface area contributed by atoms with Gasteiger partial charge in [-0.1, -0.05) is 12.1 Å². The van der Waals surface area contributed by atoms with Crippen LogP contribution in [-0.2, 0) is 6.54 Å². The summed E-state index contributed by atoms with van der Waals surface area (Å²) in [6, 6.07) is 5.78. The number of rotatable bonds is 6. The van der Waals surface area contributed by atoms with Gasteiger partial charge >= 0.3 is 0 Å². The topological polar surface area (TPSA) is 74.3 Å². The summed E-state index contributed by atoms with van der Waals surface area (Å²) in [5, 5.41) is 4.33. The average Bonchev–Trinajstić information content (AvgIpc) is 2.91. The Morgan fingerprint density at radius 1 is 1.29 bits per heavy atom. The number of nitrogens with zero attached hydrogens (tertiary/aromatic N) is 2. The molecule has 1 aromatic carbocycles. The first-order valence-electron chi connectivity index (χ1n) is 6.86. The fourth-order valence-electron chi connectivity index (χ4n) is 2.49. The van der Waals surface area contributed by atoms with Crippen molar-refractivity contribution in [1.29, 1.82) is 0 Å². The number of methoxy groups -OCH3 is 2. The Kier molecular flexibility index (Phi) is 4.82. The van der Waals surface area contributed by atoms with Crippen molar-refractivity contribution in [2.75, 3.05) is 14.2 Å². The summed E-state index contributed by atoms with van der Waals surface area (Å²) in [7, 11) is 3.29. The number of benzene rings is 1. The molecule has 0 saturated carbocycles. The molecule has 0 bridgehead atoms. The van der Waals surface area contributed by atoms with Crippen molar-refractivity contribution < 1.29 is 9.47 Å². The fraction of sp³-hybridized carbons (Fsp3) is 0.400. The summed E-state index contributed by atoms with van der Waals surface area (Å²) < 4.78 is 12.6. The molecule has 6 heteroatoms. The molecule has 21 heavy (non-hydrogen) atoms. The van der Waals surface area contributed by atoms with Gasteiger partial charge in [-0.05, 0) is 31.0 Å². The molecule has 1 aromatic heterocycles. The van der Waals surface area contributed by atoms with E-state index in [1.165, 1.54) is 0 Å². The van der Waals surface area contributed by atoms with Crippen molar-refractivity contribution in [3.63, 3.8) is 0 Å². The van der Waals surface area contributed by atoms with Crippen LogP contribution in [0.3, 0.4) is 0 Å². The zero-order valence-electron chi connectivity index (χ0n) is 12.9. The predicted molar refractivity (Wildman–Crippen MR) is 81.4 cm³/mol. The van der Waals surface area contributed by atoms with E-state index >= 15 is 0 Å². The lowest BCUT2D eigenvalue weighted by molar-refractivity contribution is 0.399. The van der Waals surface area contributed by atoms with Crippen LogP contribution in [0.4, 0.5) is 0 Å². The van der Waals surface area contributed by atoms with Crippen LogP contribution in [0.25, 0.3) is 0 Å². The molecule has 1 atom stereocenters. The van der Waals surface area contributed by atoms with Crippen molar-refractivity contribution in [2.24, 2.45) is 5.84 Å². The Balaban J connectivity index is 2.49. The third-order valence-corrected chi connectivity index (χ3v) is 3.56. The molecular formula is C15H22N4O2. The molecule has 0 fully saturated rings. The molecular weight excluding hydrogens is 268 g/mol. The quantitative estimate of drug-likeness (QED) is 0.626. The van der Waals surface area contributed by atoms with E-state index in [9.17, 15) is 0 Å². The molecule has 114 valence electrons. The highest BCUT2D eigenvalue weighted by Crippen LogP contribution is 2.31. The highest BCUT2D eigenvalue weighted by atomic mass is 16.5. The SMILES string of the molecule is CCn1ncc(OC)c1C(NN)c1ccc(OC)c(C)c1. The minimum Gasteiger partial charge on any atom is -0.496 e. The van der Waals surface area contributed by atoms with E-state index < -0.39 is 0 Å². The Bertz CT molecular complexity index is 588. The molecule has 0 radical (unpaired) electrons. The molecule has 0 spiro atoms. The largest absolute Gasteiger partial charge is 0.496 e. The number of nitrogens with one attached hydrogen (secondary N) is 1. The zero-order chi connectivity index (χ0) is 15.4. The van der Waals surface area contributed by atoms with Gasteiger partial charge in [0.15, 0.2) is 5.75 Å². The van der Waals surface area contributed by atoms with Gasteiger partial charge in [0.1, 0.15) is 11.4 Å². The van der Waals surface area contributed by atoms with Gasteiger partial charge in [-0.15, -0.1) is 0 Å². The Hall–Kier alpha value is -2.05. The minimum atomic E-state index is -0.202. The lowest BCUT2D eigenvalue weighted by Gasteiger charge is -2.20. The summed E-state index contributed by atoms with van der Waals surface area (Å²) in [6.45, 7) is 4.78. The third kappa shape index (κ3) is 2.86. The van der Waals surface area contributed by atoms with Gasteiger partial charge in [0.2, 0.25) is 0 Å². The van der Waals surface area contributed by atoms with E-state index in [0.29, 0.717) is 5.75 Å². The zero-order valence-corrected chi connectivity index (χ0v) is 12.9. The first-order chi connectivity index (χ1) is 10.2. The Labute approximate surface area is 124 Å². The number of aromatic nitrogens is 2. The van der Waals surface area contributed by atoms with Crippen LogP contribution >= 0.6 is 0 Å². The molecule has 0 saturated heterocycles. The van der Waals surface area contributed by atoms with Crippen LogP contribution < -0.4 is 20.7 Å².